The van der Waals surface area contributed by atoms with Crippen LogP contribution >= 0.6 is 0 Å². The molecule has 1 aromatic heterocycles. The fourth-order valence-corrected chi connectivity index (χ4v) is 2.23. The first kappa shape index (κ1) is 10.1. The van der Waals surface area contributed by atoms with Crippen LogP contribution in [-0.4, -0.2) is 0 Å². The van der Waals surface area contributed by atoms with Crippen LogP contribution in [0.4, 0.5) is 0 Å². The van der Waals surface area contributed by atoms with E-state index in [0.29, 0.717) is 16.7 Å². The van der Waals surface area contributed by atoms with Gasteiger partial charge in [0.1, 0.15) is 11.3 Å². The number of fused-ring (bicyclic) bond motifs is 3. The molecule has 3 rings (SSSR count). The second-order valence-electron chi connectivity index (χ2n) is 4.38. The molecule has 2 nitrogen and oxygen atoms in total. The van der Waals surface area contributed by atoms with Crippen LogP contribution in [0.15, 0.2) is 45.6 Å². The van der Waals surface area contributed by atoms with Gasteiger partial charge in [0, 0.05) is 6.07 Å². The van der Waals surface area contributed by atoms with Crippen molar-refractivity contribution in [1.29, 1.82) is 0 Å². The fourth-order valence-electron chi connectivity index (χ4n) is 2.23. The van der Waals surface area contributed by atoms with Gasteiger partial charge in [-0.15, -0.1) is 0 Å². The number of hydrogen-bond acceptors (Lipinski definition) is 2. The molecule has 84 valence electrons. The molecule has 3 aromatic rings. The third-order valence-corrected chi connectivity index (χ3v) is 2.99. The zero-order chi connectivity index (χ0) is 12.0. The Kier molecular flexibility index (Phi) is 2.05. The Morgan fingerprint density at radius 3 is 2.65 bits per heavy atom. The highest BCUT2D eigenvalue weighted by Gasteiger charge is 2.06. The van der Waals surface area contributed by atoms with E-state index in [9.17, 15) is 4.79 Å². The lowest BCUT2D eigenvalue weighted by atomic mass is 10.0. The Labute approximate surface area is 98.5 Å². The summed E-state index contributed by atoms with van der Waals surface area (Å²) in [6.45, 7) is 3.83. The maximum Gasteiger partial charge on any atom is 0.193 e. The highest BCUT2D eigenvalue weighted by Crippen LogP contribution is 2.24. The summed E-state index contributed by atoms with van der Waals surface area (Å²) in [4.78, 5) is 12.0. The normalized spacial score (nSPS) is 11.2. The van der Waals surface area contributed by atoms with Crippen molar-refractivity contribution in [1.82, 2.24) is 0 Å². The van der Waals surface area contributed by atoms with Crippen LogP contribution in [0, 0.1) is 13.8 Å². The van der Waals surface area contributed by atoms with Crippen molar-refractivity contribution in [2.75, 3.05) is 0 Å². The highest BCUT2D eigenvalue weighted by molar-refractivity contribution is 6.05. The smallest absolute Gasteiger partial charge is 0.193 e. The van der Waals surface area contributed by atoms with Gasteiger partial charge in [-0.3, -0.25) is 4.79 Å². The third kappa shape index (κ3) is 1.53. The van der Waals surface area contributed by atoms with Crippen LogP contribution in [-0.2, 0) is 0 Å². The predicted molar refractivity (Wildman–Crippen MR) is 69.5 cm³/mol. The molecule has 0 radical (unpaired) electrons. The minimum Gasteiger partial charge on any atom is -0.461 e. The van der Waals surface area contributed by atoms with Gasteiger partial charge >= 0.3 is 0 Å². The van der Waals surface area contributed by atoms with Gasteiger partial charge in [-0.2, -0.15) is 0 Å². The monoisotopic (exact) mass is 224 g/mol. The third-order valence-electron chi connectivity index (χ3n) is 2.99. The Bertz CT molecular complexity index is 782. The summed E-state index contributed by atoms with van der Waals surface area (Å²) in [7, 11) is 0. The number of rotatable bonds is 0. The molecule has 0 saturated heterocycles. The van der Waals surface area contributed by atoms with Gasteiger partial charge in [-0.05, 0) is 30.7 Å². The molecule has 2 heteroatoms. The van der Waals surface area contributed by atoms with E-state index in [1.54, 1.807) is 13.0 Å². The highest BCUT2D eigenvalue weighted by atomic mass is 16.3. The molecule has 0 aliphatic heterocycles. The van der Waals surface area contributed by atoms with Crippen LogP contribution in [0.1, 0.15) is 11.3 Å². The van der Waals surface area contributed by atoms with Crippen molar-refractivity contribution in [3.63, 3.8) is 0 Å². The van der Waals surface area contributed by atoms with Crippen LogP contribution in [0.3, 0.4) is 0 Å². The van der Waals surface area contributed by atoms with Gasteiger partial charge in [0.2, 0.25) is 0 Å². The average Bonchev–Trinajstić information content (AvgIpc) is 2.28. The van der Waals surface area contributed by atoms with Crippen molar-refractivity contribution in [3.8, 4) is 0 Å². The van der Waals surface area contributed by atoms with Gasteiger partial charge in [-0.1, -0.05) is 29.8 Å². The molecular weight excluding hydrogens is 212 g/mol. The summed E-state index contributed by atoms with van der Waals surface area (Å²) >= 11 is 0. The van der Waals surface area contributed by atoms with E-state index in [0.717, 1.165) is 10.8 Å². The summed E-state index contributed by atoms with van der Waals surface area (Å²) in [5.74, 6) is 0.647. The largest absolute Gasteiger partial charge is 0.461 e. The van der Waals surface area contributed by atoms with E-state index in [-0.39, 0.29) is 5.43 Å². The first-order valence-electron chi connectivity index (χ1n) is 5.59. The summed E-state index contributed by atoms with van der Waals surface area (Å²) in [6.07, 6.45) is 0. The number of benzene rings is 2. The molecule has 1 heterocycles. The van der Waals surface area contributed by atoms with E-state index in [4.69, 9.17) is 4.42 Å². The molecule has 0 fully saturated rings. The summed E-state index contributed by atoms with van der Waals surface area (Å²) < 4.78 is 5.58. The van der Waals surface area contributed by atoms with E-state index < -0.39 is 0 Å². The minimum absolute atomic E-state index is 0.0261. The molecule has 0 atom stereocenters. The summed E-state index contributed by atoms with van der Waals surface area (Å²) in [5, 5.41) is 2.71. The van der Waals surface area contributed by atoms with Gasteiger partial charge in [0.25, 0.3) is 0 Å². The standard InChI is InChI=1S/C15H12O2/c1-9-3-5-12-11(7-9)4-6-14-15(12)13(16)8-10(2)17-14/h3-8H,1-2H3. The molecule has 0 N–H and O–H groups in total. The minimum atomic E-state index is 0.0261. The summed E-state index contributed by atoms with van der Waals surface area (Å²) in [5.41, 5.74) is 1.87. The first-order valence-corrected chi connectivity index (χ1v) is 5.59. The lowest BCUT2D eigenvalue weighted by Gasteiger charge is -2.04. The van der Waals surface area contributed by atoms with Gasteiger partial charge < -0.3 is 4.42 Å². The molecule has 0 saturated carbocycles. The predicted octanol–water partition coefficient (Wildman–Crippen LogP) is 3.56. The zero-order valence-electron chi connectivity index (χ0n) is 9.78. The Balaban J connectivity index is 2.60. The Morgan fingerprint density at radius 2 is 1.82 bits per heavy atom. The second-order valence-corrected chi connectivity index (χ2v) is 4.38. The van der Waals surface area contributed by atoms with Crippen LogP contribution < -0.4 is 5.43 Å². The van der Waals surface area contributed by atoms with Crippen LogP contribution in [0.2, 0.25) is 0 Å². The van der Waals surface area contributed by atoms with E-state index >= 15 is 0 Å². The molecule has 0 aliphatic rings. The lowest BCUT2D eigenvalue weighted by molar-refractivity contribution is 0.565. The molecular formula is C15H12O2. The zero-order valence-corrected chi connectivity index (χ0v) is 9.78. The molecule has 0 amide bonds. The van der Waals surface area contributed by atoms with Crippen molar-refractivity contribution in [2.45, 2.75) is 13.8 Å². The SMILES string of the molecule is Cc1ccc2c(ccc3oc(C)cc(=O)c32)c1. The number of hydrogen-bond donors (Lipinski definition) is 0. The second kappa shape index (κ2) is 3.45. The van der Waals surface area contributed by atoms with Crippen molar-refractivity contribution >= 4 is 21.7 Å². The molecule has 17 heavy (non-hydrogen) atoms. The molecule has 0 spiro atoms. The molecule has 0 aliphatic carbocycles. The topological polar surface area (TPSA) is 30.2 Å². The van der Waals surface area contributed by atoms with E-state index in [1.165, 1.54) is 5.56 Å². The maximum atomic E-state index is 12.0. The summed E-state index contributed by atoms with van der Waals surface area (Å²) in [6, 6.07) is 11.5. The van der Waals surface area contributed by atoms with E-state index in [1.807, 2.05) is 31.2 Å². The average molecular weight is 224 g/mol. The Morgan fingerprint density at radius 1 is 1.00 bits per heavy atom. The Hall–Kier alpha value is -2.09. The van der Waals surface area contributed by atoms with Crippen molar-refractivity contribution in [2.24, 2.45) is 0 Å². The van der Waals surface area contributed by atoms with Crippen molar-refractivity contribution < 1.29 is 4.42 Å². The van der Waals surface area contributed by atoms with Crippen LogP contribution in [0.5, 0.6) is 0 Å². The van der Waals surface area contributed by atoms with Crippen molar-refractivity contribution in [3.05, 3.63) is 57.9 Å². The maximum absolute atomic E-state index is 12.0. The molecule has 0 bridgehead atoms. The van der Waals surface area contributed by atoms with Gasteiger partial charge in [0.05, 0.1) is 5.39 Å². The van der Waals surface area contributed by atoms with Gasteiger partial charge in [-0.25, -0.2) is 0 Å². The van der Waals surface area contributed by atoms with Crippen LogP contribution in [0.25, 0.3) is 21.7 Å². The first-order chi connectivity index (χ1) is 8.15. The quantitative estimate of drug-likeness (QED) is 0.546. The molecule has 0 unspecified atom stereocenters. The van der Waals surface area contributed by atoms with E-state index in [2.05, 4.69) is 6.07 Å². The number of aryl methyl sites for hydroxylation is 2. The van der Waals surface area contributed by atoms with Gasteiger partial charge in [0.15, 0.2) is 5.43 Å². The molecule has 2 aromatic carbocycles. The lowest BCUT2D eigenvalue weighted by Crippen LogP contribution is -2.00. The fraction of sp³-hybridized carbons (Fsp3) is 0.133.